The number of carbonyl (C=O) groups is 1. The predicted octanol–water partition coefficient (Wildman–Crippen LogP) is 2.98. The third kappa shape index (κ3) is 3.92. The molecule has 0 spiro atoms. The molecule has 0 bridgehead atoms. The number of hydrogen-bond donors (Lipinski definition) is 0. The molecule has 1 heterocycles. The first-order chi connectivity index (χ1) is 10.0. The maximum atomic E-state index is 12.8. The van der Waals surface area contributed by atoms with Crippen LogP contribution in [0.1, 0.15) is 42.6 Å². The van der Waals surface area contributed by atoms with Gasteiger partial charge in [-0.25, -0.2) is 0 Å². The Bertz CT molecular complexity index is 469. The Labute approximate surface area is 128 Å². The maximum Gasteiger partial charge on any atom is 0.179 e. The normalized spacial score (nSPS) is 22.8. The van der Waals surface area contributed by atoms with Crippen LogP contribution in [0.3, 0.4) is 0 Å². The smallest absolute Gasteiger partial charge is 0.179 e. The van der Waals surface area contributed by atoms with Crippen molar-refractivity contribution in [2.24, 2.45) is 0 Å². The zero-order valence-electron chi connectivity index (χ0n) is 13.8. The molecule has 0 N–H and O–H groups in total. The molecule has 0 radical (unpaired) electrons. The third-order valence-electron chi connectivity index (χ3n) is 4.63. The van der Waals surface area contributed by atoms with E-state index in [4.69, 9.17) is 0 Å². The van der Waals surface area contributed by atoms with Crippen LogP contribution in [0.15, 0.2) is 24.3 Å². The van der Waals surface area contributed by atoms with Crippen LogP contribution in [0.5, 0.6) is 0 Å². The van der Waals surface area contributed by atoms with Crippen LogP contribution in [0.25, 0.3) is 0 Å². The predicted molar refractivity (Wildman–Crippen MR) is 87.9 cm³/mol. The first kappa shape index (κ1) is 16.2. The maximum absolute atomic E-state index is 12.8. The van der Waals surface area contributed by atoms with Gasteiger partial charge in [-0.3, -0.25) is 9.69 Å². The van der Waals surface area contributed by atoms with Crippen molar-refractivity contribution in [3.8, 4) is 0 Å². The van der Waals surface area contributed by atoms with Crippen LogP contribution in [0.2, 0.25) is 0 Å². The fourth-order valence-electron chi connectivity index (χ4n) is 3.24. The van der Waals surface area contributed by atoms with Gasteiger partial charge in [0.2, 0.25) is 0 Å². The van der Waals surface area contributed by atoms with Crippen molar-refractivity contribution in [2.75, 3.05) is 26.7 Å². The van der Waals surface area contributed by atoms with Gasteiger partial charge in [0, 0.05) is 24.7 Å². The molecule has 3 heteroatoms. The molecule has 1 aromatic rings. The van der Waals surface area contributed by atoms with Crippen molar-refractivity contribution in [3.05, 3.63) is 35.4 Å². The molecule has 3 nitrogen and oxygen atoms in total. The summed E-state index contributed by atoms with van der Waals surface area (Å²) in [4.78, 5) is 17.5. The second-order valence-electron chi connectivity index (χ2n) is 6.32. The zero-order valence-corrected chi connectivity index (χ0v) is 13.8. The van der Waals surface area contributed by atoms with E-state index in [1.54, 1.807) is 0 Å². The second kappa shape index (κ2) is 7.19. The summed E-state index contributed by atoms with van der Waals surface area (Å²) in [6.45, 7) is 9.54. The third-order valence-corrected chi connectivity index (χ3v) is 4.63. The van der Waals surface area contributed by atoms with Gasteiger partial charge in [0.05, 0.1) is 6.04 Å². The van der Waals surface area contributed by atoms with Gasteiger partial charge < -0.3 is 4.90 Å². The van der Waals surface area contributed by atoms with E-state index in [1.807, 2.05) is 24.3 Å². The topological polar surface area (TPSA) is 23.6 Å². The van der Waals surface area contributed by atoms with Gasteiger partial charge in [0.15, 0.2) is 5.78 Å². The van der Waals surface area contributed by atoms with Crippen LogP contribution >= 0.6 is 0 Å². The Balaban J connectivity index is 2.14. The monoisotopic (exact) mass is 288 g/mol. The summed E-state index contributed by atoms with van der Waals surface area (Å²) < 4.78 is 0. The highest BCUT2D eigenvalue weighted by Crippen LogP contribution is 2.18. The van der Waals surface area contributed by atoms with E-state index in [-0.39, 0.29) is 11.8 Å². The van der Waals surface area contributed by atoms with E-state index in [0.29, 0.717) is 6.04 Å². The molecule has 116 valence electrons. The van der Waals surface area contributed by atoms with Crippen molar-refractivity contribution in [1.29, 1.82) is 0 Å². The Hall–Kier alpha value is -1.19. The quantitative estimate of drug-likeness (QED) is 0.796. The minimum atomic E-state index is -0.0378. The summed E-state index contributed by atoms with van der Waals surface area (Å²) in [5.41, 5.74) is 2.03. The first-order valence-electron chi connectivity index (χ1n) is 8.08. The Morgan fingerprint density at radius 1 is 1.29 bits per heavy atom. The number of aryl methyl sites for hydroxylation is 1. The molecule has 2 rings (SSSR count). The fraction of sp³-hybridized carbons (Fsp3) is 0.611. The zero-order chi connectivity index (χ0) is 15.4. The average Bonchev–Trinajstić information content (AvgIpc) is 2.67. The molecular weight excluding hydrogens is 260 g/mol. The van der Waals surface area contributed by atoms with Gasteiger partial charge in [-0.1, -0.05) is 36.8 Å². The van der Waals surface area contributed by atoms with Crippen LogP contribution in [0.4, 0.5) is 0 Å². The molecular formula is C18H28N2O. The fourth-order valence-corrected chi connectivity index (χ4v) is 3.24. The molecule has 1 fully saturated rings. The van der Waals surface area contributed by atoms with Crippen molar-refractivity contribution >= 4 is 5.78 Å². The molecule has 2 atom stereocenters. The van der Waals surface area contributed by atoms with Crippen LogP contribution < -0.4 is 0 Å². The summed E-state index contributed by atoms with van der Waals surface area (Å²) in [6.07, 6.45) is 2.23. The van der Waals surface area contributed by atoms with Gasteiger partial charge in [0.1, 0.15) is 0 Å². The van der Waals surface area contributed by atoms with E-state index in [1.165, 1.54) is 5.56 Å². The van der Waals surface area contributed by atoms with Crippen molar-refractivity contribution in [2.45, 2.75) is 45.7 Å². The van der Waals surface area contributed by atoms with Crippen LogP contribution in [0, 0.1) is 6.92 Å². The van der Waals surface area contributed by atoms with E-state index < -0.39 is 0 Å². The van der Waals surface area contributed by atoms with E-state index in [2.05, 4.69) is 37.6 Å². The number of rotatable bonds is 4. The van der Waals surface area contributed by atoms with Crippen molar-refractivity contribution in [1.82, 2.24) is 9.80 Å². The molecule has 0 aliphatic carbocycles. The standard InChI is InChI=1S/C18H28N2O/c1-5-17-13-19(4)11-6-12-20(17)15(3)18(21)16-9-7-14(2)8-10-16/h7-10,15,17H,5-6,11-13H2,1-4H3. The Morgan fingerprint density at radius 2 is 1.95 bits per heavy atom. The first-order valence-corrected chi connectivity index (χ1v) is 8.08. The summed E-state index contributed by atoms with van der Waals surface area (Å²) in [5.74, 6) is 0.248. The number of Topliss-reactive ketones (excluding diaryl/α,β-unsaturated/α-hetero) is 1. The molecule has 21 heavy (non-hydrogen) atoms. The van der Waals surface area contributed by atoms with Crippen molar-refractivity contribution < 1.29 is 4.79 Å². The molecule has 1 aliphatic heterocycles. The Morgan fingerprint density at radius 3 is 2.57 bits per heavy atom. The Kier molecular flexibility index (Phi) is 5.54. The molecule has 2 unspecified atom stereocenters. The summed E-state index contributed by atoms with van der Waals surface area (Å²) in [5, 5.41) is 0. The average molecular weight is 288 g/mol. The highest BCUT2D eigenvalue weighted by atomic mass is 16.1. The SMILES string of the molecule is CCC1CN(C)CCCN1C(C)C(=O)c1ccc(C)cc1. The van der Waals surface area contributed by atoms with Gasteiger partial charge in [-0.2, -0.15) is 0 Å². The molecule has 1 aliphatic rings. The highest BCUT2D eigenvalue weighted by Gasteiger charge is 2.29. The van der Waals surface area contributed by atoms with Gasteiger partial charge in [-0.15, -0.1) is 0 Å². The number of ketones is 1. The largest absolute Gasteiger partial charge is 0.305 e. The minimum absolute atomic E-state index is 0.0378. The summed E-state index contributed by atoms with van der Waals surface area (Å²) in [6, 6.07) is 8.39. The van der Waals surface area contributed by atoms with Crippen molar-refractivity contribution in [3.63, 3.8) is 0 Å². The lowest BCUT2D eigenvalue weighted by Crippen LogP contribution is -2.48. The van der Waals surface area contributed by atoms with Gasteiger partial charge in [0.25, 0.3) is 0 Å². The molecule has 0 saturated carbocycles. The number of hydrogen-bond acceptors (Lipinski definition) is 3. The minimum Gasteiger partial charge on any atom is -0.305 e. The van der Waals surface area contributed by atoms with Gasteiger partial charge in [-0.05, 0) is 40.3 Å². The lowest BCUT2D eigenvalue weighted by molar-refractivity contribution is 0.0754. The van der Waals surface area contributed by atoms with E-state index >= 15 is 0 Å². The van der Waals surface area contributed by atoms with Crippen LogP contribution in [-0.4, -0.2) is 54.3 Å². The summed E-state index contributed by atoms with van der Waals surface area (Å²) >= 11 is 0. The van der Waals surface area contributed by atoms with Gasteiger partial charge >= 0.3 is 0 Å². The number of carbonyl (C=O) groups excluding carboxylic acids is 1. The lowest BCUT2D eigenvalue weighted by Gasteiger charge is -2.34. The number of benzene rings is 1. The number of likely N-dealkylation sites (N-methyl/N-ethyl adjacent to an activating group) is 1. The number of nitrogens with zero attached hydrogens (tertiary/aromatic N) is 2. The molecule has 1 saturated heterocycles. The molecule has 1 aromatic carbocycles. The summed E-state index contributed by atoms with van der Waals surface area (Å²) in [7, 11) is 2.18. The second-order valence-corrected chi connectivity index (χ2v) is 6.32. The van der Waals surface area contributed by atoms with Crippen LogP contribution in [-0.2, 0) is 0 Å². The van der Waals surface area contributed by atoms with E-state index in [9.17, 15) is 4.79 Å². The lowest BCUT2D eigenvalue weighted by atomic mass is 10.0. The molecule has 0 aromatic heterocycles. The highest BCUT2D eigenvalue weighted by molar-refractivity contribution is 5.99. The molecule has 0 amide bonds. The van der Waals surface area contributed by atoms with E-state index in [0.717, 1.165) is 38.0 Å².